The summed E-state index contributed by atoms with van der Waals surface area (Å²) in [4.78, 5) is 0. The Morgan fingerprint density at radius 1 is 1.12 bits per heavy atom. The van der Waals surface area contributed by atoms with Gasteiger partial charge in [0.25, 0.3) is 0 Å². The Kier molecular flexibility index (Phi) is 13.7. The first-order chi connectivity index (χ1) is 10.7. The molecule has 24 heavy (non-hydrogen) atoms. The van der Waals surface area contributed by atoms with Gasteiger partial charge in [0, 0.05) is 6.54 Å². The zero-order chi connectivity index (χ0) is 18.0. The molecule has 1 heterocycles. The largest absolute Gasteiger partial charge is 0.394 e. The van der Waals surface area contributed by atoms with Crippen molar-refractivity contribution in [3.8, 4) is 0 Å². The van der Waals surface area contributed by atoms with E-state index < -0.39 is 37.3 Å². The lowest BCUT2D eigenvalue weighted by molar-refractivity contribution is -0.286. The van der Waals surface area contributed by atoms with Crippen LogP contribution in [0.3, 0.4) is 0 Å². The molecule has 0 aromatic carbocycles. The van der Waals surface area contributed by atoms with E-state index in [1.807, 2.05) is 0 Å². The first-order valence-electron chi connectivity index (χ1n) is 7.16. The van der Waals surface area contributed by atoms with Gasteiger partial charge in [-0.15, -0.1) is 12.4 Å². The maximum Gasteiger partial charge on any atom is 0.195 e. The Morgan fingerprint density at radius 2 is 1.71 bits per heavy atom. The Balaban J connectivity index is 0. The lowest BCUT2D eigenvalue weighted by Crippen LogP contribution is -2.58. The third-order valence-corrected chi connectivity index (χ3v) is 2.96. The summed E-state index contributed by atoms with van der Waals surface area (Å²) in [6.45, 7) is 2.29. The van der Waals surface area contributed by atoms with Gasteiger partial charge in [-0.2, -0.15) is 0 Å². The normalized spacial score (nSPS) is 28.7. The highest BCUT2D eigenvalue weighted by Gasteiger charge is 2.42. The summed E-state index contributed by atoms with van der Waals surface area (Å²) in [5.74, 6) is -0.120. The van der Waals surface area contributed by atoms with E-state index in [-0.39, 0.29) is 24.3 Å². The lowest BCUT2D eigenvalue weighted by atomic mass is 10.00. The van der Waals surface area contributed by atoms with Gasteiger partial charge in [0.15, 0.2) is 18.2 Å². The molecule has 12 heteroatoms. The van der Waals surface area contributed by atoms with Crippen LogP contribution in [-0.4, -0.2) is 81.3 Å². The van der Waals surface area contributed by atoms with Gasteiger partial charge >= 0.3 is 0 Å². The minimum atomic E-state index is -1.57. The molecule has 0 amide bonds. The van der Waals surface area contributed by atoms with Crippen molar-refractivity contribution in [1.29, 1.82) is 10.8 Å². The van der Waals surface area contributed by atoms with E-state index >= 15 is 0 Å². The van der Waals surface area contributed by atoms with Gasteiger partial charge in [-0.05, 0) is 6.42 Å². The SMILES string of the molecule is CCCCNC(=N)NC(=N)N.Cl.OC[C@H]1O[C@@H](O)[C@H](O)[C@@H](O)[C@H]1O. The molecule has 1 saturated heterocycles. The van der Waals surface area contributed by atoms with Crippen LogP contribution >= 0.6 is 12.4 Å². The van der Waals surface area contributed by atoms with Crippen molar-refractivity contribution in [2.45, 2.75) is 50.5 Å². The number of nitrogens with one attached hydrogen (secondary N) is 4. The third kappa shape index (κ3) is 9.17. The van der Waals surface area contributed by atoms with Gasteiger partial charge in [0.2, 0.25) is 0 Å². The molecule has 5 atom stereocenters. The minimum Gasteiger partial charge on any atom is -0.394 e. The molecular formula is C12H28ClN5O6. The van der Waals surface area contributed by atoms with Crippen LogP contribution in [0.25, 0.3) is 0 Å². The maximum atomic E-state index is 9.12. The number of nitrogens with two attached hydrogens (primary N) is 1. The van der Waals surface area contributed by atoms with Crippen molar-refractivity contribution < 1.29 is 30.3 Å². The van der Waals surface area contributed by atoms with Crippen molar-refractivity contribution in [3.63, 3.8) is 0 Å². The molecule has 1 fully saturated rings. The van der Waals surface area contributed by atoms with Gasteiger partial charge in [-0.1, -0.05) is 13.3 Å². The monoisotopic (exact) mass is 373 g/mol. The average Bonchev–Trinajstić information content (AvgIpc) is 2.49. The summed E-state index contributed by atoms with van der Waals surface area (Å²) in [5.41, 5.74) is 4.99. The Morgan fingerprint density at radius 3 is 2.17 bits per heavy atom. The molecule has 1 aliphatic rings. The summed E-state index contributed by atoms with van der Waals surface area (Å²) < 4.78 is 4.58. The quantitative estimate of drug-likeness (QED) is 0.138. The van der Waals surface area contributed by atoms with Crippen molar-refractivity contribution >= 4 is 24.3 Å². The van der Waals surface area contributed by atoms with Crippen LogP contribution in [-0.2, 0) is 4.74 Å². The summed E-state index contributed by atoms with van der Waals surface area (Å²) in [6, 6.07) is 0. The zero-order valence-electron chi connectivity index (χ0n) is 13.3. The van der Waals surface area contributed by atoms with E-state index in [9.17, 15) is 0 Å². The topological polar surface area (TPSA) is 208 Å². The molecule has 144 valence electrons. The second-order valence-electron chi connectivity index (χ2n) is 4.91. The first kappa shape index (κ1) is 25.0. The van der Waals surface area contributed by atoms with Crippen LogP contribution in [0.1, 0.15) is 19.8 Å². The predicted octanol–water partition coefficient (Wildman–Crippen LogP) is -3.01. The minimum absolute atomic E-state index is 0. The second-order valence-corrected chi connectivity index (χ2v) is 4.91. The van der Waals surface area contributed by atoms with Gasteiger partial charge in [0.05, 0.1) is 6.61 Å². The number of hydrogen-bond donors (Lipinski definition) is 10. The maximum absolute atomic E-state index is 9.12. The van der Waals surface area contributed by atoms with E-state index in [0.29, 0.717) is 0 Å². The van der Waals surface area contributed by atoms with E-state index in [4.69, 9.17) is 42.1 Å². The molecule has 0 bridgehead atoms. The van der Waals surface area contributed by atoms with Crippen LogP contribution < -0.4 is 16.4 Å². The summed E-state index contributed by atoms with van der Waals surface area (Å²) >= 11 is 0. The van der Waals surface area contributed by atoms with Gasteiger partial charge in [0.1, 0.15) is 24.4 Å². The fourth-order valence-electron chi connectivity index (χ4n) is 1.65. The summed E-state index contributed by atoms with van der Waals surface area (Å²) in [5, 5.41) is 63.7. The van der Waals surface area contributed by atoms with E-state index in [0.717, 1.165) is 19.4 Å². The molecule has 0 spiro atoms. The van der Waals surface area contributed by atoms with Crippen LogP contribution in [0.5, 0.6) is 0 Å². The molecule has 0 radical (unpaired) electrons. The van der Waals surface area contributed by atoms with Crippen LogP contribution in [0.15, 0.2) is 0 Å². The highest BCUT2D eigenvalue weighted by molar-refractivity contribution is 5.94. The number of rotatable bonds is 4. The van der Waals surface area contributed by atoms with Crippen LogP contribution in [0.2, 0.25) is 0 Å². The number of guanidine groups is 2. The average molecular weight is 374 g/mol. The molecular weight excluding hydrogens is 346 g/mol. The molecule has 11 nitrogen and oxygen atoms in total. The highest BCUT2D eigenvalue weighted by Crippen LogP contribution is 2.18. The Labute approximate surface area is 146 Å². The summed E-state index contributed by atoms with van der Waals surface area (Å²) in [7, 11) is 0. The number of aliphatic hydroxyl groups is 5. The molecule has 0 aromatic heterocycles. The van der Waals surface area contributed by atoms with E-state index in [1.165, 1.54) is 0 Å². The molecule has 0 saturated carbocycles. The third-order valence-electron chi connectivity index (χ3n) is 2.96. The number of halogens is 1. The van der Waals surface area contributed by atoms with Crippen molar-refractivity contribution in [1.82, 2.24) is 10.6 Å². The number of ether oxygens (including phenoxy) is 1. The van der Waals surface area contributed by atoms with Gasteiger partial charge < -0.3 is 41.3 Å². The van der Waals surface area contributed by atoms with Crippen molar-refractivity contribution in [2.24, 2.45) is 5.73 Å². The fraction of sp³-hybridized carbons (Fsp3) is 0.833. The van der Waals surface area contributed by atoms with Crippen LogP contribution in [0.4, 0.5) is 0 Å². The lowest BCUT2D eigenvalue weighted by Gasteiger charge is -2.37. The zero-order valence-corrected chi connectivity index (χ0v) is 14.2. The Bertz CT molecular complexity index is 373. The summed E-state index contributed by atoms with van der Waals surface area (Å²) in [6.07, 6.45) is -4.94. The molecule has 0 unspecified atom stereocenters. The van der Waals surface area contributed by atoms with Gasteiger partial charge in [-0.25, -0.2) is 0 Å². The predicted molar refractivity (Wildman–Crippen MR) is 88.9 cm³/mol. The number of hydrogen-bond acceptors (Lipinski definition) is 8. The standard InChI is InChI=1S/C6H15N5.C6H12O6.ClH/c1-2-3-4-10-6(9)11-5(7)8;7-1-2-3(8)4(9)5(10)6(11)12-2;/h2-4H2,1H3,(H6,7,8,9,10,11);2-11H,1H2;1H/t;2-,3+,4+,5-,6-;/m.1./s1. The smallest absolute Gasteiger partial charge is 0.195 e. The van der Waals surface area contributed by atoms with Crippen molar-refractivity contribution in [3.05, 3.63) is 0 Å². The first-order valence-corrected chi connectivity index (χ1v) is 7.16. The Hall–Kier alpha value is -1.21. The molecule has 0 aromatic rings. The van der Waals surface area contributed by atoms with Crippen LogP contribution in [0, 0.1) is 10.8 Å². The van der Waals surface area contributed by atoms with Gasteiger partial charge in [-0.3, -0.25) is 16.1 Å². The molecule has 1 rings (SSSR count). The highest BCUT2D eigenvalue weighted by atomic mass is 35.5. The molecule has 0 aliphatic carbocycles. The van der Waals surface area contributed by atoms with E-state index in [2.05, 4.69) is 22.3 Å². The number of aliphatic hydroxyl groups excluding tert-OH is 5. The fourth-order valence-corrected chi connectivity index (χ4v) is 1.65. The molecule has 1 aliphatic heterocycles. The second kappa shape index (κ2) is 13.1. The number of unbranched alkanes of at least 4 members (excludes halogenated alkanes) is 1. The van der Waals surface area contributed by atoms with Crippen molar-refractivity contribution in [2.75, 3.05) is 13.2 Å². The molecule has 11 N–H and O–H groups in total. The van der Waals surface area contributed by atoms with E-state index in [1.54, 1.807) is 0 Å².